The van der Waals surface area contributed by atoms with E-state index in [2.05, 4.69) is 15.3 Å². The lowest BCUT2D eigenvalue weighted by atomic mass is 10.1. The zero-order valence-electron chi connectivity index (χ0n) is 12.8. The Morgan fingerprint density at radius 2 is 2.04 bits per heavy atom. The number of amides is 1. The number of carbonyl (C=O) groups excluding carboxylic acids is 1. The van der Waals surface area contributed by atoms with Gasteiger partial charge >= 0.3 is 0 Å². The Kier molecular flexibility index (Phi) is 4.78. The molecule has 0 saturated heterocycles. The molecule has 5 heteroatoms. The highest BCUT2D eigenvalue weighted by molar-refractivity contribution is 7.13. The lowest BCUT2D eigenvalue weighted by molar-refractivity contribution is -0.121. The van der Waals surface area contributed by atoms with E-state index in [1.807, 2.05) is 54.8 Å². The Balaban J connectivity index is 1.61. The molecule has 3 aromatic rings. The summed E-state index contributed by atoms with van der Waals surface area (Å²) >= 11 is 1.53. The van der Waals surface area contributed by atoms with Gasteiger partial charge in [0.15, 0.2) is 0 Å². The molecule has 116 valence electrons. The van der Waals surface area contributed by atoms with Crippen LogP contribution in [0.1, 0.15) is 24.2 Å². The molecule has 2 heterocycles. The topological polar surface area (TPSA) is 54.9 Å². The summed E-state index contributed by atoms with van der Waals surface area (Å²) in [5.74, 6) is -0.0237. The van der Waals surface area contributed by atoms with Crippen LogP contribution in [0.25, 0.3) is 10.6 Å². The molecule has 0 radical (unpaired) electrons. The molecule has 0 bridgehead atoms. The molecule has 4 nitrogen and oxygen atoms in total. The molecule has 2 aromatic heterocycles. The van der Waals surface area contributed by atoms with E-state index in [9.17, 15) is 4.79 Å². The normalized spacial score (nSPS) is 11.9. The molecular formula is C18H17N3OS. The summed E-state index contributed by atoms with van der Waals surface area (Å²) in [6.07, 6.45) is 3.80. The van der Waals surface area contributed by atoms with E-state index in [0.717, 1.165) is 21.8 Å². The van der Waals surface area contributed by atoms with E-state index in [1.54, 1.807) is 12.4 Å². The van der Waals surface area contributed by atoms with Crippen molar-refractivity contribution < 1.29 is 4.79 Å². The molecule has 1 amide bonds. The third kappa shape index (κ3) is 4.02. The van der Waals surface area contributed by atoms with Gasteiger partial charge in [-0.3, -0.25) is 9.78 Å². The van der Waals surface area contributed by atoms with Crippen LogP contribution in [0.2, 0.25) is 0 Å². The molecule has 1 aromatic carbocycles. The fourth-order valence-corrected chi connectivity index (χ4v) is 3.10. The molecular weight excluding hydrogens is 306 g/mol. The minimum absolute atomic E-state index is 0.0138. The Morgan fingerprint density at radius 3 is 2.78 bits per heavy atom. The highest BCUT2D eigenvalue weighted by Gasteiger charge is 2.12. The van der Waals surface area contributed by atoms with Crippen LogP contribution in [-0.4, -0.2) is 15.9 Å². The zero-order valence-corrected chi connectivity index (χ0v) is 13.6. The van der Waals surface area contributed by atoms with Gasteiger partial charge in [0.2, 0.25) is 5.91 Å². The minimum atomic E-state index is -0.0237. The van der Waals surface area contributed by atoms with Crippen LogP contribution in [0.4, 0.5) is 0 Å². The predicted molar refractivity (Wildman–Crippen MR) is 92.0 cm³/mol. The third-order valence-electron chi connectivity index (χ3n) is 3.48. The predicted octanol–water partition coefficient (Wildman–Crippen LogP) is 3.63. The number of carbonyl (C=O) groups is 1. The number of rotatable bonds is 5. The first-order valence-electron chi connectivity index (χ1n) is 7.41. The molecule has 23 heavy (non-hydrogen) atoms. The average molecular weight is 323 g/mol. The monoisotopic (exact) mass is 323 g/mol. The van der Waals surface area contributed by atoms with Gasteiger partial charge < -0.3 is 5.32 Å². The van der Waals surface area contributed by atoms with Gasteiger partial charge in [-0.25, -0.2) is 4.98 Å². The van der Waals surface area contributed by atoms with Crippen molar-refractivity contribution in [2.24, 2.45) is 0 Å². The van der Waals surface area contributed by atoms with E-state index >= 15 is 0 Å². The van der Waals surface area contributed by atoms with Crippen molar-refractivity contribution in [3.8, 4) is 10.6 Å². The Bertz CT molecular complexity index is 771. The van der Waals surface area contributed by atoms with Crippen molar-refractivity contribution in [3.05, 3.63) is 71.5 Å². The average Bonchev–Trinajstić information content (AvgIpc) is 3.04. The maximum atomic E-state index is 12.2. The standard InChI is InChI=1S/C18H17N3OS/c1-13(14-6-3-2-4-7-14)20-17(22)10-16-12-23-18(21-16)15-8-5-9-19-11-15/h2-9,11-13H,10H2,1H3,(H,20,22). The van der Waals surface area contributed by atoms with Crippen molar-refractivity contribution in [3.63, 3.8) is 0 Å². The first-order chi connectivity index (χ1) is 11.2. The number of nitrogens with one attached hydrogen (secondary N) is 1. The highest BCUT2D eigenvalue weighted by Crippen LogP contribution is 2.23. The van der Waals surface area contributed by atoms with Gasteiger partial charge in [-0.1, -0.05) is 30.3 Å². The van der Waals surface area contributed by atoms with Crippen LogP contribution in [0, 0.1) is 0 Å². The summed E-state index contributed by atoms with van der Waals surface area (Å²) in [6, 6.07) is 13.8. The zero-order chi connectivity index (χ0) is 16.1. The van der Waals surface area contributed by atoms with Gasteiger partial charge in [0.25, 0.3) is 0 Å². The summed E-state index contributed by atoms with van der Waals surface area (Å²) in [5, 5.41) is 5.82. The van der Waals surface area contributed by atoms with Crippen LogP contribution < -0.4 is 5.32 Å². The number of hydrogen-bond donors (Lipinski definition) is 1. The molecule has 1 N–H and O–H groups in total. The van der Waals surface area contributed by atoms with Gasteiger partial charge in [-0.15, -0.1) is 11.3 Å². The fraction of sp³-hybridized carbons (Fsp3) is 0.167. The number of thiazole rings is 1. The number of nitrogens with zero attached hydrogens (tertiary/aromatic N) is 2. The van der Waals surface area contributed by atoms with Crippen molar-refractivity contribution in [2.45, 2.75) is 19.4 Å². The minimum Gasteiger partial charge on any atom is -0.349 e. The molecule has 0 aliphatic carbocycles. The summed E-state index contributed by atoms with van der Waals surface area (Å²) in [4.78, 5) is 20.8. The van der Waals surface area contributed by atoms with Gasteiger partial charge in [-0.2, -0.15) is 0 Å². The number of benzene rings is 1. The van der Waals surface area contributed by atoms with Crippen molar-refractivity contribution in [1.82, 2.24) is 15.3 Å². The molecule has 0 saturated carbocycles. The van der Waals surface area contributed by atoms with Crippen molar-refractivity contribution in [1.29, 1.82) is 0 Å². The fourth-order valence-electron chi connectivity index (χ4n) is 2.29. The first kappa shape index (κ1) is 15.4. The Labute approximate surface area is 139 Å². The second-order valence-electron chi connectivity index (χ2n) is 5.26. The molecule has 0 spiro atoms. The third-order valence-corrected chi connectivity index (χ3v) is 4.42. The van der Waals surface area contributed by atoms with Crippen LogP contribution >= 0.6 is 11.3 Å². The lowest BCUT2D eigenvalue weighted by Crippen LogP contribution is -2.28. The summed E-state index contributed by atoms with van der Waals surface area (Å²) in [6.45, 7) is 1.98. The second-order valence-corrected chi connectivity index (χ2v) is 6.12. The maximum absolute atomic E-state index is 12.2. The maximum Gasteiger partial charge on any atom is 0.226 e. The van der Waals surface area contributed by atoms with Crippen LogP contribution in [0.15, 0.2) is 60.2 Å². The molecule has 1 atom stereocenters. The molecule has 3 rings (SSSR count). The molecule has 0 fully saturated rings. The lowest BCUT2D eigenvalue weighted by Gasteiger charge is -2.13. The van der Waals surface area contributed by atoms with Crippen molar-refractivity contribution in [2.75, 3.05) is 0 Å². The van der Waals surface area contributed by atoms with Crippen molar-refractivity contribution >= 4 is 17.2 Å². The summed E-state index contributed by atoms with van der Waals surface area (Å²) in [5.41, 5.74) is 2.85. The second kappa shape index (κ2) is 7.15. The van der Waals surface area contributed by atoms with Gasteiger partial charge in [0.1, 0.15) is 5.01 Å². The molecule has 1 unspecified atom stereocenters. The van der Waals surface area contributed by atoms with E-state index < -0.39 is 0 Å². The van der Waals surface area contributed by atoms with E-state index in [-0.39, 0.29) is 18.4 Å². The van der Waals surface area contributed by atoms with Gasteiger partial charge in [0, 0.05) is 23.3 Å². The van der Waals surface area contributed by atoms with E-state index in [4.69, 9.17) is 0 Å². The first-order valence-corrected chi connectivity index (χ1v) is 8.29. The number of aromatic nitrogens is 2. The smallest absolute Gasteiger partial charge is 0.226 e. The number of pyridine rings is 1. The van der Waals surface area contributed by atoms with Crippen LogP contribution in [0.5, 0.6) is 0 Å². The van der Waals surface area contributed by atoms with Gasteiger partial charge in [0.05, 0.1) is 18.2 Å². The highest BCUT2D eigenvalue weighted by atomic mass is 32.1. The van der Waals surface area contributed by atoms with Gasteiger partial charge in [-0.05, 0) is 24.6 Å². The van der Waals surface area contributed by atoms with Crippen LogP contribution in [-0.2, 0) is 11.2 Å². The summed E-state index contributed by atoms with van der Waals surface area (Å²) < 4.78 is 0. The largest absolute Gasteiger partial charge is 0.349 e. The van der Waals surface area contributed by atoms with Crippen LogP contribution in [0.3, 0.4) is 0 Å². The number of hydrogen-bond acceptors (Lipinski definition) is 4. The SMILES string of the molecule is CC(NC(=O)Cc1csc(-c2cccnc2)n1)c1ccccc1. The Hall–Kier alpha value is -2.53. The van der Waals surface area contributed by atoms with E-state index in [0.29, 0.717) is 0 Å². The quantitative estimate of drug-likeness (QED) is 0.780. The molecule has 0 aliphatic heterocycles. The Morgan fingerprint density at radius 1 is 1.22 bits per heavy atom. The summed E-state index contributed by atoms with van der Waals surface area (Å²) in [7, 11) is 0. The van der Waals surface area contributed by atoms with E-state index in [1.165, 1.54) is 11.3 Å². The molecule has 0 aliphatic rings.